The van der Waals surface area contributed by atoms with E-state index in [4.69, 9.17) is 5.11 Å². The number of pyridine rings is 1. The van der Waals surface area contributed by atoms with E-state index < -0.39 is 0 Å². The van der Waals surface area contributed by atoms with Gasteiger partial charge in [0.2, 0.25) is 0 Å². The van der Waals surface area contributed by atoms with Crippen LogP contribution in [0, 0.1) is 11.8 Å². The number of amides is 1. The van der Waals surface area contributed by atoms with E-state index in [1.54, 1.807) is 12.3 Å². The van der Waals surface area contributed by atoms with Crippen molar-refractivity contribution in [3.05, 3.63) is 29.6 Å². The maximum Gasteiger partial charge on any atom is 0.252 e. The first-order valence-electron chi connectivity index (χ1n) is 6.11. The molecule has 1 aromatic heterocycles. The number of carbonyl (C=O) groups is 1. The van der Waals surface area contributed by atoms with Gasteiger partial charge >= 0.3 is 0 Å². The Morgan fingerprint density at radius 1 is 1.50 bits per heavy atom. The normalized spacial score (nSPS) is 9.44. The summed E-state index contributed by atoms with van der Waals surface area (Å²) < 4.78 is 0. The van der Waals surface area contributed by atoms with Crippen LogP contribution in [0.25, 0.3) is 0 Å². The van der Waals surface area contributed by atoms with Gasteiger partial charge in [-0.1, -0.05) is 31.6 Å². The van der Waals surface area contributed by atoms with Gasteiger partial charge in [0.05, 0.1) is 11.1 Å². The summed E-state index contributed by atoms with van der Waals surface area (Å²) in [6.45, 7) is 2.56. The molecule has 0 aliphatic heterocycles. The maximum absolute atomic E-state index is 11.9. The van der Waals surface area contributed by atoms with E-state index in [0.29, 0.717) is 17.7 Å². The number of nitrogens with one attached hydrogen (secondary N) is 1. The average Bonchev–Trinajstić information content (AvgIpc) is 2.41. The predicted molar refractivity (Wildman–Crippen MR) is 70.1 cm³/mol. The van der Waals surface area contributed by atoms with Crippen molar-refractivity contribution in [1.82, 2.24) is 10.3 Å². The highest BCUT2D eigenvalue weighted by Gasteiger charge is 2.08. The third-order valence-electron chi connectivity index (χ3n) is 2.43. The molecular weight excluding hydrogens is 228 g/mol. The summed E-state index contributed by atoms with van der Waals surface area (Å²) in [5, 5.41) is 11.5. The minimum atomic E-state index is -0.230. The van der Waals surface area contributed by atoms with Crippen molar-refractivity contribution in [2.75, 3.05) is 13.2 Å². The van der Waals surface area contributed by atoms with Crippen LogP contribution in [0.3, 0.4) is 0 Å². The summed E-state index contributed by atoms with van der Waals surface area (Å²) >= 11 is 0. The van der Waals surface area contributed by atoms with Gasteiger partial charge in [0.1, 0.15) is 6.61 Å². The van der Waals surface area contributed by atoms with Crippen molar-refractivity contribution < 1.29 is 9.90 Å². The Morgan fingerprint density at radius 3 is 3.06 bits per heavy atom. The van der Waals surface area contributed by atoms with Crippen LogP contribution in [0.15, 0.2) is 18.5 Å². The lowest BCUT2D eigenvalue weighted by molar-refractivity contribution is 0.0952. The molecule has 0 aromatic carbocycles. The lowest BCUT2D eigenvalue weighted by atomic mass is 10.1. The molecule has 0 bridgehead atoms. The molecule has 1 rings (SSSR count). The van der Waals surface area contributed by atoms with Crippen LogP contribution in [0.2, 0.25) is 0 Å². The molecule has 0 radical (unpaired) electrons. The Morgan fingerprint density at radius 2 is 2.33 bits per heavy atom. The monoisotopic (exact) mass is 246 g/mol. The second-order valence-corrected chi connectivity index (χ2v) is 3.84. The number of hydrogen-bond donors (Lipinski definition) is 2. The van der Waals surface area contributed by atoms with E-state index in [0.717, 1.165) is 19.3 Å². The first-order chi connectivity index (χ1) is 8.79. The molecule has 0 saturated heterocycles. The lowest BCUT2D eigenvalue weighted by Crippen LogP contribution is -2.25. The molecule has 1 amide bonds. The summed E-state index contributed by atoms with van der Waals surface area (Å²) in [4.78, 5) is 15.8. The molecule has 96 valence electrons. The number of nitrogens with zero attached hydrogens (tertiary/aromatic N) is 1. The Labute approximate surface area is 107 Å². The van der Waals surface area contributed by atoms with Crippen molar-refractivity contribution in [1.29, 1.82) is 0 Å². The molecule has 0 fully saturated rings. The standard InChI is InChI=1S/C14H18N2O2/c1-2-3-4-8-16-14(18)13-7-9-15-11-12(13)6-5-10-17/h7,9,11,17H,2-4,8,10H2,1H3,(H,16,18). The van der Waals surface area contributed by atoms with Crippen LogP contribution in [-0.2, 0) is 0 Å². The first kappa shape index (κ1) is 14.2. The third-order valence-corrected chi connectivity index (χ3v) is 2.43. The van der Waals surface area contributed by atoms with Crippen LogP contribution in [-0.4, -0.2) is 29.1 Å². The topological polar surface area (TPSA) is 62.2 Å². The minimum Gasteiger partial charge on any atom is -0.384 e. The van der Waals surface area contributed by atoms with Crippen molar-refractivity contribution >= 4 is 5.91 Å². The van der Waals surface area contributed by atoms with E-state index in [2.05, 4.69) is 29.1 Å². The van der Waals surface area contributed by atoms with Gasteiger partial charge in [-0.3, -0.25) is 9.78 Å². The largest absolute Gasteiger partial charge is 0.384 e. The first-order valence-corrected chi connectivity index (χ1v) is 6.11. The molecule has 0 spiro atoms. The second kappa shape index (κ2) is 8.26. The van der Waals surface area contributed by atoms with Crippen molar-refractivity contribution in [3.8, 4) is 11.8 Å². The molecule has 2 N–H and O–H groups in total. The molecule has 1 heterocycles. The van der Waals surface area contributed by atoms with Crippen LogP contribution in [0.1, 0.15) is 42.1 Å². The van der Waals surface area contributed by atoms with Crippen molar-refractivity contribution in [3.63, 3.8) is 0 Å². The van der Waals surface area contributed by atoms with Crippen LogP contribution < -0.4 is 5.32 Å². The zero-order chi connectivity index (χ0) is 13.2. The van der Waals surface area contributed by atoms with Crippen molar-refractivity contribution in [2.45, 2.75) is 26.2 Å². The molecule has 1 aromatic rings. The van der Waals surface area contributed by atoms with Gasteiger partial charge in [-0.25, -0.2) is 0 Å². The molecule has 0 atom stereocenters. The molecular formula is C14H18N2O2. The second-order valence-electron chi connectivity index (χ2n) is 3.84. The maximum atomic E-state index is 11.9. The molecule has 0 unspecified atom stereocenters. The Balaban J connectivity index is 2.67. The van der Waals surface area contributed by atoms with Gasteiger partial charge in [-0.2, -0.15) is 0 Å². The zero-order valence-corrected chi connectivity index (χ0v) is 10.6. The van der Waals surface area contributed by atoms with E-state index >= 15 is 0 Å². The number of aliphatic hydroxyl groups is 1. The number of aliphatic hydroxyl groups excluding tert-OH is 1. The SMILES string of the molecule is CCCCCNC(=O)c1ccncc1C#CCO. The van der Waals surface area contributed by atoms with Gasteiger partial charge in [0, 0.05) is 18.9 Å². The quantitative estimate of drug-likeness (QED) is 0.609. The highest BCUT2D eigenvalue weighted by atomic mass is 16.2. The highest BCUT2D eigenvalue weighted by molar-refractivity contribution is 5.96. The average molecular weight is 246 g/mol. The van der Waals surface area contributed by atoms with Crippen molar-refractivity contribution in [2.24, 2.45) is 0 Å². The zero-order valence-electron chi connectivity index (χ0n) is 10.6. The highest BCUT2D eigenvalue weighted by Crippen LogP contribution is 2.05. The number of unbranched alkanes of at least 4 members (excludes halogenated alkanes) is 2. The summed E-state index contributed by atoms with van der Waals surface area (Å²) in [6, 6.07) is 1.64. The molecule has 18 heavy (non-hydrogen) atoms. The third kappa shape index (κ3) is 4.56. The molecule has 4 nitrogen and oxygen atoms in total. The number of rotatable bonds is 5. The number of hydrogen-bond acceptors (Lipinski definition) is 3. The van der Waals surface area contributed by atoms with Gasteiger partial charge in [-0.05, 0) is 12.5 Å². The number of aromatic nitrogens is 1. The molecule has 0 saturated carbocycles. The van der Waals surface area contributed by atoms with Gasteiger partial charge < -0.3 is 10.4 Å². The summed E-state index contributed by atoms with van der Waals surface area (Å²) in [7, 11) is 0. The molecule has 4 heteroatoms. The molecule has 0 aliphatic carbocycles. The Kier molecular flexibility index (Phi) is 6.52. The summed E-state index contributed by atoms with van der Waals surface area (Å²) in [5.41, 5.74) is 1.04. The summed E-state index contributed by atoms with van der Waals surface area (Å²) in [5.74, 6) is 5.10. The minimum absolute atomic E-state index is 0.143. The van der Waals surface area contributed by atoms with Gasteiger partial charge in [0.15, 0.2) is 0 Å². The fraction of sp³-hybridized carbons (Fsp3) is 0.429. The number of carbonyl (C=O) groups excluding carboxylic acids is 1. The van der Waals surface area contributed by atoms with Crippen LogP contribution in [0.4, 0.5) is 0 Å². The predicted octanol–water partition coefficient (Wildman–Crippen LogP) is 1.35. The van der Waals surface area contributed by atoms with Crippen LogP contribution >= 0.6 is 0 Å². The fourth-order valence-corrected chi connectivity index (χ4v) is 1.50. The van der Waals surface area contributed by atoms with Crippen LogP contribution in [0.5, 0.6) is 0 Å². The van der Waals surface area contributed by atoms with E-state index in [9.17, 15) is 4.79 Å². The summed E-state index contributed by atoms with van der Waals surface area (Å²) in [6.07, 6.45) is 6.30. The Hall–Kier alpha value is -1.86. The van der Waals surface area contributed by atoms with E-state index in [-0.39, 0.29) is 12.5 Å². The van der Waals surface area contributed by atoms with Gasteiger partial charge in [-0.15, -0.1) is 0 Å². The lowest BCUT2D eigenvalue weighted by Gasteiger charge is -2.06. The van der Waals surface area contributed by atoms with Gasteiger partial charge in [0.25, 0.3) is 5.91 Å². The smallest absolute Gasteiger partial charge is 0.252 e. The molecule has 0 aliphatic rings. The van der Waals surface area contributed by atoms with E-state index in [1.165, 1.54) is 6.20 Å². The van der Waals surface area contributed by atoms with E-state index in [1.807, 2.05) is 0 Å². The fourth-order valence-electron chi connectivity index (χ4n) is 1.50. The Bertz CT molecular complexity index is 447.